The van der Waals surface area contributed by atoms with Gasteiger partial charge in [-0.2, -0.15) is 5.10 Å². The van der Waals surface area contributed by atoms with Gasteiger partial charge in [0.25, 0.3) is 0 Å². The van der Waals surface area contributed by atoms with Crippen LogP contribution in [-0.4, -0.2) is 33.0 Å². The summed E-state index contributed by atoms with van der Waals surface area (Å²) in [5, 5.41) is 7.99. The van der Waals surface area contributed by atoms with E-state index in [1.807, 2.05) is 6.33 Å². The van der Waals surface area contributed by atoms with Crippen LogP contribution in [0.1, 0.15) is 54.2 Å². The molecule has 5 rings (SSSR count). The lowest BCUT2D eigenvalue weighted by molar-refractivity contribution is 0.193. The van der Waals surface area contributed by atoms with Gasteiger partial charge in [-0.3, -0.25) is 5.10 Å². The fourth-order valence-electron chi connectivity index (χ4n) is 4.53. The molecule has 1 aliphatic carbocycles. The minimum Gasteiger partial charge on any atom is -0.381 e. The first kappa shape index (κ1) is 16.8. The van der Waals surface area contributed by atoms with Gasteiger partial charge in [-0.25, -0.2) is 4.98 Å². The number of rotatable bonds is 4. The Bertz CT molecular complexity index is 906. The van der Waals surface area contributed by atoms with Gasteiger partial charge in [-0.05, 0) is 37.7 Å². The molecule has 0 unspecified atom stereocenters. The molecule has 1 N–H and O–H groups in total. The van der Waals surface area contributed by atoms with Crippen molar-refractivity contribution in [1.82, 2.24) is 19.7 Å². The SMILES string of the molecule is c1ccc(-c2ncn(Cc3n[nH]c4c3CCCCC4)c2[C@H]2CCOC2)cc1. The summed E-state index contributed by atoms with van der Waals surface area (Å²) in [5.74, 6) is 0.403. The van der Waals surface area contributed by atoms with Gasteiger partial charge in [-0.15, -0.1) is 0 Å². The van der Waals surface area contributed by atoms with Crippen molar-refractivity contribution in [3.63, 3.8) is 0 Å². The summed E-state index contributed by atoms with van der Waals surface area (Å²) in [4.78, 5) is 4.81. The molecule has 27 heavy (non-hydrogen) atoms. The molecule has 1 aromatic carbocycles. The summed E-state index contributed by atoms with van der Waals surface area (Å²) < 4.78 is 8.01. The average molecular weight is 362 g/mol. The highest BCUT2D eigenvalue weighted by Crippen LogP contribution is 2.34. The number of H-pyrrole nitrogens is 1. The average Bonchev–Trinajstić information content (AvgIpc) is 3.41. The van der Waals surface area contributed by atoms with Crippen molar-refractivity contribution in [2.24, 2.45) is 0 Å². The Labute approximate surface area is 159 Å². The first-order valence-electron chi connectivity index (χ1n) is 10.1. The molecule has 0 bridgehead atoms. The molecule has 140 valence electrons. The number of imidazole rings is 1. The van der Waals surface area contributed by atoms with Crippen LogP contribution in [0.5, 0.6) is 0 Å². The molecule has 0 radical (unpaired) electrons. The predicted molar refractivity (Wildman–Crippen MR) is 105 cm³/mol. The van der Waals surface area contributed by atoms with Crippen molar-refractivity contribution in [2.75, 3.05) is 13.2 Å². The molecule has 2 aromatic heterocycles. The van der Waals surface area contributed by atoms with E-state index in [4.69, 9.17) is 9.72 Å². The molecule has 1 saturated heterocycles. The lowest BCUT2D eigenvalue weighted by Gasteiger charge is -2.15. The fourth-order valence-corrected chi connectivity index (χ4v) is 4.53. The molecular weight excluding hydrogens is 336 g/mol. The van der Waals surface area contributed by atoms with Gasteiger partial charge < -0.3 is 9.30 Å². The summed E-state index contributed by atoms with van der Waals surface area (Å²) in [6.07, 6.45) is 9.17. The van der Waals surface area contributed by atoms with E-state index < -0.39 is 0 Å². The summed E-state index contributed by atoms with van der Waals surface area (Å²) >= 11 is 0. The van der Waals surface area contributed by atoms with Crippen LogP contribution >= 0.6 is 0 Å². The molecule has 5 nitrogen and oxygen atoms in total. The number of aryl methyl sites for hydroxylation is 1. The quantitative estimate of drug-likeness (QED) is 0.711. The van der Waals surface area contributed by atoms with E-state index in [9.17, 15) is 0 Å². The lowest BCUT2D eigenvalue weighted by Crippen LogP contribution is -2.11. The first-order valence-corrected chi connectivity index (χ1v) is 10.1. The second kappa shape index (κ2) is 7.31. The monoisotopic (exact) mass is 362 g/mol. The van der Waals surface area contributed by atoms with E-state index in [0.29, 0.717) is 5.92 Å². The molecular formula is C22H26N4O. The number of nitrogens with one attached hydrogen (secondary N) is 1. The number of hydrogen-bond donors (Lipinski definition) is 1. The Balaban J connectivity index is 1.53. The maximum absolute atomic E-state index is 5.71. The molecule has 3 heterocycles. The second-order valence-corrected chi connectivity index (χ2v) is 7.72. The van der Waals surface area contributed by atoms with Crippen LogP contribution in [0.3, 0.4) is 0 Å². The highest BCUT2D eigenvalue weighted by molar-refractivity contribution is 5.62. The third-order valence-corrected chi connectivity index (χ3v) is 5.95. The van der Waals surface area contributed by atoms with E-state index in [2.05, 4.69) is 45.1 Å². The zero-order chi connectivity index (χ0) is 18.1. The van der Waals surface area contributed by atoms with Gasteiger partial charge in [0.2, 0.25) is 0 Å². The van der Waals surface area contributed by atoms with Crippen LogP contribution in [0.4, 0.5) is 0 Å². The topological polar surface area (TPSA) is 55.7 Å². The smallest absolute Gasteiger partial charge is 0.0959 e. The third-order valence-electron chi connectivity index (χ3n) is 5.95. The number of ether oxygens (including phenoxy) is 1. The Morgan fingerprint density at radius 2 is 2.00 bits per heavy atom. The number of benzene rings is 1. The van der Waals surface area contributed by atoms with Crippen LogP contribution in [0, 0.1) is 0 Å². The Morgan fingerprint density at radius 3 is 2.85 bits per heavy atom. The highest BCUT2D eigenvalue weighted by atomic mass is 16.5. The van der Waals surface area contributed by atoms with Crippen LogP contribution in [0.15, 0.2) is 36.7 Å². The van der Waals surface area contributed by atoms with Crippen LogP contribution in [-0.2, 0) is 24.1 Å². The van der Waals surface area contributed by atoms with Gasteiger partial charge in [0.1, 0.15) is 0 Å². The van der Waals surface area contributed by atoms with Crippen molar-refractivity contribution in [2.45, 2.75) is 51.0 Å². The van der Waals surface area contributed by atoms with Gasteiger partial charge in [-0.1, -0.05) is 36.8 Å². The van der Waals surface area contributed by atoms with Crippen molar-refractivity contribution in [3.8, 4) is 11.3 Å². The molecule has 1 aliphatic heterocycles. The largest absolute Gasteiger partial charge is 0.381 e. The summed E-state index contributed by atoms with van der Waals surface area (Å²) in [6, 6.07) is 10.5. The lowest BCUT2D eigenvalue weighted by atomic mass is 9.99. The van der Waals surface area contributed by atoms with Crippen molar-refractivity contribution in [3.05, 3.63) is 59.3 Å². The maximum atomic E-state index is 5.71. The predicted octanol–water partition coefficient (Wildman–Crippen LogP) is 4.09. The molecule has 1 atom stereocenters. The molecule has 0 spiro atoms. The number of nitrogens with zero attached hydrogens (tertiary/aromatic N) is 3. The zero-order valence-corrected chi connectivity index (χ0v) is 15.7. The standard InChI is InChI=1S/C22H26N4O/c1-3-7-16(8-4-1)21-22(17-11-12-27-14-17)26(15-23-21)13-20-18-9-5-2-6-10-19(18)24-25-20/h1,3-4,7-8,15,17H,2,5-6,9-14H2,(H,24,25)/t17-/m0/s1. The van der Waals surface area contributed by atoms with E-state index >= 15 is 0 Å². The Kier molecular flexibility index (Phi) is 4.54. The Hall–Kier alpha value is -2.40. The van der Waals surface area contributed by atoms with E-state index in [1.54, 1.807) is 0 Å². The van der Waals surface area contributed by atoms with Crippen molar-refractivity contribution < 1.29 is 4.74 Å². The van der Waals surface area contributed by atoms with Crippen LogP contribution in [0.2, 0.25) is 0 Å². The zero-order valence-electron chi connectivity index (χ0n) is 15.7. The molecule has 3 aromatic rings. The summed E-state index contributed by atoms with van der Waals surface area (Å²) in [7, 11) is 0. The van der Waals surface area contributed by atoms with Crippen LogP contribution < -0.4 is 0 Å². The normalized spacial score (nSPS) is 19.8. The fraction of sp³-hybridized carbons (Fsp3) is 0.455. The number of fused-ring (bicyclic) bond motifs is 1. The number of aromatic nitrogens is 4. The molecule has 5 heteroatoms. The minimum absolute atomic E-state index is 0.403. The van der Waals surface area contributed by atoms with Gasteiger partial charge in [0.15, 0.2) is 0 Å². The number of hydrogen-bond acceptors (Lipinski definition) is 3. The molecule has 1 fully saturated rings. The van der Waals surface area contributed by atoms with Gasteiger partial charge in [0.05, 0.1) is 36.6 Å². The first-order chi connectivity index (χ1) is 13.4. The number of aromatic amines is 1. The van der Waals surface area contributed by atoms with E-state index in [1.165, 1.54) is 47.5 Å². The van der Waals surface area contributed by atoms with E-state index in [-0.39, 0.29) is 0 Å². The summed E-state index contributed by atoms with van der Waals surface area (Å²) in [5.41, 5.74) is 7.53. The van der Waals surface area contributed by atoms with Gasteiger partial charge in [0, 0.05) is 23.8 Å². The molecule has 2 aliphatic rings. The highest BCUT2D eigenvalue weighted by Gasteiger charge is 2.27. The van der Waals surface area contributed by atoms with E-state index in [0.717, 1.165) is 44.7 Å². The van der Waals surface area contributed by atoms with Crippen molar-refractivity contribution >= 4 is 0 Å². The molecule has 0 amide bonds. The molecule has 0 saturated carbocycles. The summed E-state index contributed by atoms with van der Waals surface area (Å²) in [6.45, 7) is 2.41. The second-order valence-electron chi connectivity index (χ2n) is 7.72. The minimum atomic E-state index is 0.403. The third kappa shape index (κ3) is 3.21. The van der Waals surface area contributed by atoms with Crippen LogP contribution in [0.25, 0.3) is 11.3 Å². The maximum Gasteiger partial charge on any atom is 0.0959 e. The van der Waals surface area contributed by atoms with Crippen molar-refractivity contribution in [1.29, 1.82) is 0 Å². The Morgan fingerprint density at radius 1 is 1.11 bits per heavy atom. The van der Waals surface area contributed by atoms with Gasteiger partial charge >= 0.3 is 0 Å².